The van der Waals surface area contributed by atoms with E-state index >= 15 is 0 Å². The lowest BCUT2D eigenvalue weighted by atomic mass is 10.2. The van der Waals surface area contributed by atoms with Crippen LogP contribution in [0, 0.1) is 0 Å². The summed E-state index contributed by atoms with van der Waals surface area (Å²) in [6.07, 6.45) is 2.91. The molecule has 3 rings (SSSR count). The summed E-state index contributed by atoms with van der Waals surface area (Å²) in [5.41, 5.74) is 1.25. The van der Waals surface area contributed by atoms with Gasteiger partial charge in [0.1, 0.15) is 0 Å². The maximum Gasteiger partial charge on any atom is 0.227 e. The Kier molecular flexibility index (Phi) is 5.61. The molecule has 0 spiro atoms. The van der Waals surface area contributed by atoms with E-state index in [0.717, 1.165) is 19.7 Å². The van der Waals surface area contributed by atoms with E-state index in [-0.39, 0.29) is 24.4 Å². The van der Waals surface area contributed by atoms with Crippen molar-refractivity contribution >= 4 is 24.1 Å². The molecule has 0 bridgehead atoms. The Morgan fingerprint density at radius 2 is 2.38 bits per heavy atom. The van der Waals surface area contributed by atoms with Crippen LogP contribution in [0.4, 0.5) is 5.82 Å². The number of hydrogen-bond acceptors (Lipinski definition) is 4. The molecule has 1 aliphatic heterocycles. The van der Waals surface area contributed by atoms with E-state index in [1.54, 1.807) is 0 Å². The molecule has 6 nitrogen and oxygen atoms in total. The summed E-state index contributed by atoms with van der Waals surface area (Å²) in [6, 6.07) is 2.13. The van der Waals surface area contributed by atoms with Crippen molar-refractivity contribution in [2.24, 2.45) is 0 Å². The summed E-state index contributed by atoms with van der Waals surface area (Å²) in [7, 11) is 0. The topological polar surface area (TPSA) is 68.2 Å². The Balaban J connectivity index is 0.00000161. The number of morpholine rings is 1. The maximum atomic E-state index is 12.0. The lowest BCUT2D eigenvalue weighted by Crippen LogP contribution is -2.43. The Labute approximate surface area is 131 Å². The quantitative estimate of drug-likeness (QED) is 0.864. The van der Waals surface area contributed by atoms with Gasteiger partial charge in [-0.25, -0.2) is 0 Å². The van der Waals surface area contributed by atoms with Crippen molar-refractivity contribution in [3.05, 3.63) is 11.8 Å². The fourth-order valence-corrected chi connectivity index (χ4v) is 2.62. The standard InChI is InChI=1S/C14H22N4O2.ClH/c1-2-18-12(10-3-4-10)8-13(17-18)16-14(19)7-11-9-20-6-5-15-11;/h8,10-11,15H,2-7,9H2,1H3,(H,16,17,19);1H. The monoisotopic (exact) mass is 314 g/mol. The Hall–Kier alpha value is -1.11. The number of halogens is 1. The third-order valence-electron chi connectivity index (χ3n) is 3.80. The molecular weight excluding hydrogens is 292 g/mol. The van der Waals surface area contributed by atoms with Crippen LogP contribution in [-0.4, -0.2) is 41.5 Å². The fourth-order valence-electron chi connectivity index (χ4n) is 2.62. The summed E-state index contributed by atoms with van der Waals surface area (Å²) in [6.45, 7) is 5.07. The van der Waals surface area contributed by atoms with Crippen LogP contribution in [-0.2, 0) is 16.1 Å². The summed E-state index contributed by atoms with van der Waals surface area (Å²) < 4.78 is 7.35. The van der Waals surface area contributed by atoms with Crippen LogP contribution in [0.3, 0.4) is 0 Å². The zero-order chi connectivity index (χ0) is 13.9. The summed E-state index contributed by atoms with van der Waals surface area (Å²) in [5, 5.41) is 10.6. The fraction of sp³-hybridized carbons (Fsp3) is 0.714. The van der Waals surface area contributed by atoms with Gasteiger partial charge < -0.3 is 15.4 Å². The number of anilines is 1. The SMILES string of the molecule is CCn1nc(NC(=O)CC2COCCN2)cc1C1CC1.Cl. The van der Waals surface area contributed by atoms with Crippen LogP contribution in [0.25, 0.3) is 0 Å². The van der Waals surface area contributed by atoms with Crippen molar-refractivity contribution in [2.45, 2.75) is 44.7 Å². The lowest BCUT2D eigenvalue weighted by Gasteiger charge is -2.22. The van der Waals surface area contributed by atoms with Gasteiger partial charge in [0.15, 0.2) is 5.82 Å². The first-order chi connectivity index (χ1) is 9.76. The predicted molar refractivity (Wildman–Crippen MR) is 83.0 cm³/mol. The van der Waals surface area contributed by atoms with Gasteiger partial charge in [-0.1, -0.05) is 0 Å². The van der Waals surface area contributed by atoms with Crippen LogP contribution in [0.15, 0.2) is 6.07 Å². The van der Waals surface area contributed by atoms with Crippen LogP contribution in [0.1, 0.15) is 37.8 Å². The molecule has 0 aromatic carbocycles. The molecule has 2 heterocycles. The Morgan fingerprint density at radius 3 is 3.00 bits per heavy atom. The number of amides is 1. The molecule has 2 fully saturated rings. The normalized spacial score (nSPS) is 21.7. The first-order valence-corrected chi connectivity index (χ1v) is 7.45. The van der Waals surface area contributed by atoms with Crippen LogP contribution < -0.4 is 10.6 Å². The van der Waals surface area contributed by atoms with Crippen molar-refractivity contribution in [1.82, 2.24) is 15.1 Å². The molecule has 1 aliphatic carbocycles. The minimum absolute atomic E-state index is 0. The second-order valence-corrected chi connectivity index (χ2v) is 5.52. The minimum Gasteiger partial charge on any atom is -0.378 e. The van der Waals surface area contributed by atoms with Crippen LogP contribution in [0.5, 0.6) is 0 Å². The van der Waals surface area contributed by atoms with Gasteiger partial charge in [0.2, 0.25) is 5.91 Å². The number of aromatic nitrogens is 2. The van der Waals surface area contributed by atoms with E-state index in [4.69, 9.17) is 4.74 Å². The van der Waals surface area contributed by atoms with Crippen molar-refractivity contribution < 1.29 is 9.53 Å². The molecule has 118 valence electrons. The van der Waals surface area contributed by atoms with Crippen molar-refractivity contribution in [1.29, 1.82) is 0 Å². The number of carbonyl (C=O) groups excluding carboxylic acids is 1. The molecule has 0 radical (unpaired) electrons. The average Bonchev–Trinajstić information content (AvgIpc) is 3.21. The number of carbonyl (C=O) groups is 1. The third-order valence-corrected chi connectivity index (χ3v) is 3.80. The van der Waals surface area contributed by atoms with Crippen molar-refractivity contribution in [2.75, 3.05) is 25.1 Å². The number of nitrogens with one attached hydrogen (secondary N) is 2. The number of aryl methyl sites for hydroxylation is 1. The van der Waals surface area contributed by atoms with Gasteiger partial charge in [0.05, 0.1) is 13.2 Å². The summed E-state index contributed by atoms with van der Waals surface area (Å²) >= 11 is 0. The van der Waals surface area contributed by atoms with Gasteiger partial charge in [0, 0.05) is 43.2 Å². The lowest BCUT2D eigenvalue weighted by molar-refractivity contribution is -0.117. The summed E-state index contributed by atoms with van der Waals surface area (Å²) in [4.78, 5) is 12.0. The highest BCUT2D eigenvalue weighted by atomic mass is 35.5. The highest BCUT2D eigenvalue weighted by molar-refractivity contribution is 5.90. The molecule has 1 unspecified atom stereocenters. The van der Waals surface area contributed by atoms with Crippen molar-refractivity contribution in [3.8, 4) is 0 Å². The molecule has 21 heavy (non-hydrogen) atoms. The zero-order valence-electron chi connectivity index (χ0n) is 12.3. The first kappa shape index (κ1) is 16.3. The molecule has 1 aromatic rings. The zero-order valence-corrected chi connectivity index (χ0v) is 13.1. The Morgan fingerprint density at radius 1 is 1.57 bits per heavy atom. The van der Waals surface area contributed by atoms with Gasteiger partial charge in [-0.2, -0.15) is 5.10 Å². The minimum atomic E-state index is -0.00361. The molecule has 2 aliphatic rings. The van der Waals surface area contributed by atoms with Gasteiger partial charge >= 0.3 is 0 Å². The smallest absolute Gasteiger partial charge is 0.227 e. The number of ether oxygens (including phenoxy) is 1. The van der Waals surface area contributed by atoms with Crippen LogP contribution in [0.2, 0.25) is 0 Å². The molecule has 7 heteroatoms. The molecular formula is C14H23ClN4O2. The number of hydrogen-bond donors (Lipinski definition) is 2. The highest BCUT2D eigenvalue weighted by Gasteiger charge is 2.28. The van der Waals surface area contributed by atoms with Gasteiger partial charge in [-0.3, -0.25) is 9.48 Å². The Bertz CT molecular complexity index is 481. The largest absolute Gasteiger partial charge is 0.378 e. The molecule has 1 saturated heterocycles. The second-order valence-electron chi connectivity index (χ2n) is 5.52. The number of nitrogens with zero attached hydrogens (tertiary/aromatic N) is 2. The van der Waals surface area contributed by atoms with E-state index in [0.29, 0.717) is 24.8 Å². The van der Waals surface area contributed by atoms with Gasteiger partial charge in [-0.05, 0) is 19.8 Å². The molecule has 1 aromatic heterocycles. The van der Waals surface area contributed by atoms with E-state index < -0.39 is 0 Å². The van der Waals surface area contributed by atoms with Gasteiger partial charge in [-0.15, -0.1) is 12.4 Å². The predicted octanol–water partition coefficient (Wildman–Crippen LogP) is 1.52. The molecule has 1 atom stereocenters. The third kappa shape index (κ3) is 4.18. The van der Waals surface area contributed by atoms with Crippen molar-refractivity contribution in [3.63, 3.8) is 0 Å². The number of rotatable bonds is 5. The molecule has 1 amide bonds. The highest BCUT2D eigenvalue weighted by Crippen LogP contribution is 2.40. The second kappa shape index (κ2) is 7.24. The first-order valence-electron chi connectivity index (χ1n) is 7.45. The van der Waals surface area contributed by atoms with E-state index in [1.165, 1.54) is 18.5 Å². The van der Waals surface area contributed by atoms with Gasteiger partial charge in [0.25, 0.3) is 0 Å². The van der Waals surface area contributed by atoms with E-state index in [2.05, 4.69) is 22.7 Å². The summed E-state index contributed by atoms with van der Waals surface area (Å²) in [5.74, 6) is 1.31. The van der Waals surface area contributed by atoms with E-state index in [9.17, 15) is 4.79 Å². The van der Waals surface area contributed by atoms with Crippen LogP contribution >= 0.6 is 12.4 Å². The average molecular weight is 315 g/mol. The molecule has 2 N–H and O–H groups in total. The molecule has 1 saturated carbocycles. The van der Waals surface area contributed by atoms with E-state index in [1.807, 2.05) is 10.7 Å². The maximum absolute atomic E-state index is 12.0.